The van der Waals surface area contributed by atoms with Gasteiger partial charge in [-0.25, -0.2) is 0 Å². The van der Waals surface area contributed by atoms with E-state index < -0.39 is 0 Å². The minimum Gasteiger partial charge on any atom is -0.317 e. The van der Waals surface area contributed by atoms with Gasteiger partial charge in [0.2, 0.25) is 0 Å². The van der Waals surface area contributed by atoms with Gasteiger partial charge in [-0.15, -0.1) is 0 Å². The van der Waals surface area contributed by atoms with Crippen LogP contribution in [0.15, 0.2) is 227 Å². The summed E-state index contributed by atoms with van der Waals surface area (Å²) in [5.41, 5.74) is 20.6. The maximum atomic E-state index is 4.27. The first-order chi connectivity index (χ1) is 36.9. The first-order valence-electron chi connectivity index (χ1n) is 25.4. The summed E-state index contributed by atoms with van der Waals surface area (Å²) in [4.78, 5) is 0. The van der Waals surface area contributed by atoms with Crippen molar-refractivity contribution in [3.05, 3.63) is 227 Å². The van der Waals surface area contributed by atoms with Gasteiger partial charge in [0.05, 0.1) is 55.2 Å². The van der Waals surface area contributed by atoms with Crippen molar-refractivity contribution in [2.45, 2.75) is 0 Å². The summed E-state index contributed by atoms with van der Waals surface area (Å²) in [6.07, 6.45) is 9.57. The fourth-order valence-corrected chi connectivity index (χ4v) is 12.6. The number of benzene rings is 10. The normalized spacial score (nSPS) is 12.0. The maximum absolute atomic E-state index is 4.27. The van der Waals surface area contributed by atoms with E-state index in [2.05, 4.69) is 250 Å². The molecule has 5 nitrogen and oxygen atoms in total. The van der Waals surface area contributed by atoms with Gasteiger partial charge in [0.15, 0.2) is 0 Å². The molecule has 0 aliphatic heterocycles. The molecule has 15 aromatic rings. The lowest BCUT2D eigenvalue weighted by Gasteiger charge is -2.06. The smallest absolute Gasteiger partial charge is 0.0535 e. The number of rotatable bonds is 9. The standard InChI is InChI=1S/C70H47N5/c1-6-71-61-17-13-11-15-51(61)53-35-43(19-27-63(53)71)45-21-29-65-55(37-45)57-39-47(23-31-67(57)73(65)8-3)49-25-33-69-59(41-49)60-42-50(26-34-70(60)75(69)10-5)48-24-32-68-58(40-48)56-38-46(22-30-66(56)74(68)9-4)44-20-28-64-54(36-44)52-16-12-14-18-62(52)72(64)7-2/h6-42H,1-5H2. The number of hydrogen-bond donors (Lipinski definition) is 0. The Morgan fingerprint density at radius 2 is 0.347 bits per heavy atom. The van der Waals surface area contributed by atoms with E-state index in [0.29, 0.717) is 0 Å². The second-order valence-electron chi connectivity index (χ2n) is 19.7. The molecule has 0 aliphatic rings. The SMILES string of the molecule is C=Cn1c2ccccc2c2cc(-c3ccc4c(c3)c3cc(-c5ccc6c(c5)c5cc(-c7ccc8c(c7)c7cc(-c9ccc%10c(c9)c9ccccc9n%10C=C)ccc7n8C=C)ccc5n6C=C)ccc3n4C=C)ccc21. The highest BCUT2D eigenvalue weighted by molar-refractivity contribution is 6.17. The zero-order valence-electron chi connectivity index (χ0n) is 41.1. The molecule has 5 aromatic heterocycles. The van der Waals surface area contributed by atoms with Crippen molar-refractivity contribution in [3.8, 4) is 44.5 Å². The van der Waals surface area contributed by atoms with Gasteiger partial charge in [-0.3, -0.25) is 0 Å². The number of hydrogen-bond acceptors (Lipinski definition) is 0. The molecule has 0 radical (unpaired) electrons. The zero-order chi connectivity index (χ0) is 50.2. The van der Waals surface area contributed by atoms with Crippen molar-refractivity contribution in [3.63, 3.8) is 0 Å². The van der Waals surface area contributed by atoms with Crippen LogP contribution in [-0.2, 0) is 0 Å². The largest absolute Gasteiger partial charge is 0.317 e. The Morgan fingerprint density at radius 1 is 0.187 bits per heavy atom. The summed E-state index contributed by atoms with van der Waals surface area (Å²) in [5.74, 6) is 0. The zero-order valence-corrected chi connectivity index (χ0v) is 41.1. The molecule has 0 saturated heterocycles. The molecule has 0 amide bonds. The van der Waals surface area contributed by atoms with E-state index in [1.54, 1.807) is 0 Å². The van der Waals surface area contributed by atoms with Gasteiger partial charge in [0.1, 0.15) is 0 Å². The third-order valence-corrected chi connectivity index (χ3v) is 16.1. The van der Waals surface area contributed by atoms with Crippen LogP contribution in [0.3, 0.4) is 0 Å². The molecule has 5 heteroatoms. The molecule has 75 heavy (non-hydrogen) atoms. The molecule has 0 aliphatic carbocycles. The fourth-order valence-electron chi connectivity index (χ4n) is 12.6. The van der Waals surface area contributed by atoms with Crippen LogP contribution in [0.1, 0.15) is 0 Å². The van der Waals surface area contributed by atoms with E-state index in [-0.39, 0.29) is 0 Å². The lowest BCUT2D eigenvalue weighted by molar-refractivity contribution is 1.29. The summed E-state index contributed by atoms with van der Waals surface area (Å²) in [5, 5.41) is 12.0. The Balaban J connectivity index is 0.835. The molecular weight excluding hydrogens is 911 g/mol. The van der Waals surface area contributed by atoms with Crippen LogP contribution in [0.25, 0.3) is 185 Å². The molecule has 352 valence electrons. The molecule has 5 heterocycles. The third-order valence-electron chi connectivity index (χ3n) is 16.1. The average molecular weight is 958 g/mol. The van der Waals surface area contributed by atoms with Crippen LogP contribution in [0.4, 0.5) is 0 Å². The molecule has 10 aromatic carbocycles. The van der Waals surface area contributed by atoms with E-state index in [0.717, 1.165) is 77.4 Å². The highest BCUT2D eigenvalue weighted by Gasteiger charge is 2.19. The molecule has 0 atom stereocenters. The van der Waals surface area contributed by atoms with Crippen molar-refractivity contribution < 1.29 is 0 Å². The van der Waals surface area contributed by atoms with Crippen LogP contribution in [-0.4, -0.2) is 22.8 Å². The molecule has 0 saturated carbocycles. The molecular formula is C70H47N5. The van der Waals surface area contributed by atoms with Crippen molar-refractivity contribution in [2.75, 3.05) is 0 Å². The minimum atomic E-state index is 1.12. The molecule has 0 N–H and O–H groups in total. The fraction of sp³-hybridized carbons (Fsp3) is 0. The summed E-state index contributed by atoms with van der Waals surface area (Å²) in [7, 11) is 0. The van der Waals surface area contributed by atoms with Crippen molar-refractivity contribution in [2.24, 2.45) is 0 Å². The van der Waals surface area contributed by atoms with E-state index in [4.69, 9.17) is 0 Å². The van der Waals surface area contributed by atoms with E-state index in [1.807, 2.05) is 31.0 Å². The Hall–Kier alpha value is -10.1. The maximum Gasteiger partial charge on any atom is 0.0535 e. The van der Waals surface area contributed by atoms with Gasteiger partial charge in [-0.1, -0.05) is 118 Å². The van der Waals surface area contributed by atoms with Crippen LogP contribution in [0, 0.1) is 0 Å². The molecule has 15 rings (SSSR count). The van der Waals surface area contributed by atoms with E-state index in [1.165, 1.54) is 76.1 Å². The Morgan fingerprint density at radius 3 is 0.533 bits per heavy atom. The van der Waals surface area contributed by atoms with E-state index >= 15 is 0 Å². The topological polar surface area (TPSA) is 24.6 Å². The van der Waals surface area contributed by atoms with Crippen LogP contribution < -0.4 is 0 Å². The van der Waals surface area contributed by atoms with Crippen LogP contribution in [0.5, 0.6) is 0 Å². The first kappa shape index (κ1) is 42.6. The Bertz CT molecular complexity index is 4740. The third kappa shape index (κ3) is 6.01. The summed E-state index contributed by atoms with van der Waals surface area (Å²) >= 11 is 0. The predicted octanol–water partition coefficient (Wildman–Crippen LogP) is 19.4. The quantitative estimate of drug-likeness (QED) is 0.138. The van der Waals surface area contributed by atoms with Gasteiger partial charge < -0.3 is 22.8 Å². The Labute approximate surface area is 432 Å². The van der Waals surface area contributed by atoms with Crippen LogP contribution in [0.2, 0.25) is 0 Å². The summed E-state index contributed by atoms with van der Waals surface area (Å²) < 4.78 is 11.0. The lowest BCUT2D eigenvalue weighted by atomic mass is 9.97. The number of para-hydroxylation sites is 2. The monoisotopic (exact) mass is 957 g/mol. The number of fused-ring (bicyclic) bond motifs is 15. The molecule has 0 spiro atoms. The Kier molecular flexibility index (Phi) is 9.05. The number of nitrogens with zero attached hydrogens (tertiary/aromatic N) is 5. The van der Waals surface area contributed by atoms with Crippen molar-refractivity contribution in [1.29, 1.82) is 0 Å². The van der Waals surface area contributed by atoms with Gasteiger partial charge in [0, 0.05) is 84.9 Å². The summed E-state index contributed by atoms with van der Waals surface area (Å²) in [6.45, 7) is 21.0. The number of aromatic nitrogens is 5. The summed E-state index contributed by atoms with van der Waals surface area (Å²) in [6, 6.07) is 71.5. The van der Waals surface area contributed by atoms with Gasteiger partial charge >= 0.3 is 0 Å². The highest BCUT2D eigenvalue weighted by atomic mass is 15.0. The van der Waals surface area contributed by atoms with Crippen molar-refractivity contribution >= 4 is 140 Å². The molecule has 0 fully saturated rings. The van der Waals surface area contributed by atoms with Gasteiger partial charge in [-0.2, -0.15) is 0 Å². The average Bonchev–Trinajstić information content (AvgIpc) is 4.26. The second kappa shape index (κ2) is 15.9. The first-order valence-corrected chi connectivity index (χ1v) is 25.4. The lowest BCUT2D eigenvalue weighted by Crippen LogP contribution is -1.86. The van der Waals surface area contributed by atoms with Gasteiger partial charge in [0.25, 0.3) is 0 Å². The molecule has 0 bridgehead atoms. The van der Waals surface area contributed by atoms with Crippen LogP contribution >= 0.6 is 0 Å². The predicted molar refractivity (Wildman–Crippen MR) is 325 cm³/mol. The second-order valence-corrected chi connectivity index (χ2v) is 19.7. The minimum absolute atomic E-state index is 1.12. The van der Waals surface area contributed by atoms with E-state index in [9.17, 15) is 0 Å². The molecule has 0 unspecified atom stereocenters. The highest BCUT2D eigenvalue weighted by Crippen LogP contribution is 2.42. The van der Waals surface area contributed by atoms with Crippen molar-refractivity contribution in [1.82, 2.24) is 22.8 Å². The van der Waals surface area contributed by atoms with Gasteiger partial charge in [-0.05, 0) is 154 Å².